The van der Waals surface area contributed by atoms with E-state index in [1.54, 1.807) is 0 Å². The maximum Gasteiger partial charge on any atom is 0.171 e. The molecule has 0 aromatic heterocycles. The average molecular weight is 289 g/mol. The largest absolute Gasteiger partial charge is 0.347 e. The molecule has 2 heterocycles. The summed E-state index contributed by atoms with van der Waals surface area (Å²) in [7, 11) is 0. The highest BCUT2D eigenvalue weighted by molar-refractivity contribution is 5.15. The van der Waals surface area contributed by atoms with Crippen LogP contribution in [0.5, 0.6) is 0 Å². The Balaban J connectivity index is 1.78. The maximum absolute atomic E-state index is 6.00. The number of benzene rings is 1. The van der Waals surface area contributed by atoms with E-state index in [-0.39, 0.29) is 5.79 Å². The van der Waals surface area contributed by atoms with Gasteiger partial charge >= 0.3 is 0 Å². The van der Waals surface area contributed by atoms with Crippen molar-refractivity contribution in [3.05, 3.63) is 35.9 Å². The van der Waals surface area contributed by atoms with Crippen LogP contribution in [0.25, 0.3) is 0 Å². The van der Waals surface area contributed by atoms with Crippen LogP contribution in [-0.4, -0.2) is 36.0 Å². The Morgan fingerprint density at radius 1 is 1.00 bits per heavy atom. The lowest BCUT2D eigenvalue weighted by atomic mass is 9.87. The highest BCUT2D eigenvalue weighted by atomic mass is 16.7. The van der Waals surface area contributed by atoms with Gasteiger partial charge in [-0.3, -0.25) is 4.90 Å². The van der Waals surface area contributed by atoms with Gasteiger partial charge in [0.2, 0.25) is 0 Å². The Bertz CT molecular complexity index is 426. The molecule has 3 heteroatoms. The first-order valence-electron chi connectivity index (χ1n) is 8.34. The molecular weight excluding hydrogens is 262 g/mol. The number of hydrogen-bond donors (Lipinski definition) is 0. The summed E-state index contributed by atoms with van der Waals surface area (Å²) in [6, 6.07) is 11.9. The van der Waals surface area contributed by atoms with Crippen LogP contribution in [0.15, 0.2) is 30.3 Å². The maximum atomic E-state index is 6.00. The summed E-state index contributed by atoms with van der Waals surface area (Å²) >= 11 is 0. The van der Waals surface area contributed by atoms with Crippen molar-refractivity contribution < 1.29 is 9.47 Å². The molecule has 116 valence electrons. The van der Waals surface area contributed by atoms with Crippen LogP contribution in [0.1, 0.15) is 45.1 Å². The molecule has 2 fully saturated rings. The summed E-state index contributed by atoms with van der Waals surface area (Å²) in [6.45, 7) is 7.11. The van der Waals surface area contributed by atoms with E-state index >= 15 is 0 Å². The van der Waals surface area contributed by atoms with Crippen molar-refractivity contribution in [1.82, 2.24) is 4.90 Å². The van der Waals surface area contributed by atoms with Crippen molar-refractivity contribution in [2.24, 2.45) is 0 Å². The predicted octanol–water partition coefficient (Wildman–Crippen LogP) is 3.58. The Morgan fingerprint density at radius 2 is 1.57 bits per heavy atom. The number of ether oxygens (including phenoxy) is 2. The van der Waals surface area contributed by atoms with E-state index in [1.165, 1.54) is 5.56 Å². The molecule has 3 rings (SSSR count). The standard InChI is InChI=1S/C18H27NO2/c1-3-16-12-18(20-10-11-21-18)13-17(4-2)19(16)14-15-8-6-5-7-9-15/h5-9,16-17H,3-4,10-14H2,1-2H3. The molecule has 3 nitrogen and oxygen atoms in total. The normalized spacial score (nSPS) is 29.0. The molecule has 0 bridgehead atoms. The minimum absolute atomic E-state index is 0.297. The molecule has 2 unspecified atom stereocenters. The van der Waals surface area contributed by atoms with Crippen LogP contribution in [0, 0.1) is 0 Å². The third-order valence-corrected chi connectivity index (χ3v) is 5.00. The second-order valence-corrected chi connectivity index (χ2v) is 6.30. The first kappa shape index (κ1) is 15.0. The Morgan fingerprint density at radius 3 is 2.10 bits per heavy atom. The topological polar surface area (TPSA) is 21.7 Å². The van der Waals surface area contributed by atoms with Crippen LogP contribution in [0.2, 0.25) is 0 Å². The molecule has 21 heavy (non-hydrogen) atoms. The number of rotatable bonds is 4. The van der Waals surface area contributed by atoms with Crippen LogP contribution in [0.4, 0.5) is 0 Å². The van der Waals surface area contributed by atoms with Crippen molar-refractivity contribution in [1.29, 1.82) is 0 Å². The summed E-state index contributed by atoms with van der Waals surface area (Å²) in [5.74, 6) is -0.297. The van der Waals surface area contributed by atoms with Gasteiger partial charge in [-0.05, 0) is 18.4 Å². The first-order valence-corrected chi connectivity index (χ1v) is 8.34. The zero-order valence-electron chi connectivity index (χ0n) is 13.3. The molecule has 0 N–H and O–H groups in total. The van der Waals surface area contributed by atoms with Crippen molar-refractivity contribution in [2.75, 3.05) is 13.2 Å². The molecular formula is C18H27NO2. The van der Waals surface area contributed by atoms with Crippen LogP contribution < -0.4 is 0 Å². The second-order valence-electron chi connectivity index (χ2n) is 6.30. The summed E-state index contributed by atoms with van der Waals surface area (Å²) < 4.78 is 12.0. The van der Waals surface area contributed by atoms with Crippen molar-refractivity contribution in [3.8, 4) is 0 Å². The number of piperidine rings is 1. The van der Waals surface area contributed by atoms with Gasteiger partial charge in [0, 0.05) is 31.5 Å². The SMILES string of the molecule is CCC1CC2(CC(CC)N1Cc1ccccc1)OCCO2. The van der Waals surface area contributed by atoms with Gasteiger partial charge in [0.1, 0.15) is 0 Å². The predicted molar refractivity (Wildman–Crippen MR) is 84.0 cm³/mol. The lowest BCUT2D eigenvalue weighted by Crippen LogP contribution is -2.55. The third kappa shape index (κ3) is 3.15. The second kappa shape index (κ2) is 6.47. The number of hydrogen-bond acceptors (Lipinski definition) is 3. The molecule has 0 saturated carbocycles. The van der Waals surface area contributed by atoms with E-state index < -0.39 is 0 Å². The monoisotopic (exact) mass is 289 g/mol. The molecule has 0 radical (unpaired) electrons. The van der Waals surface area contributed by atoms with E-state index in [0.29, 0.717) is 12.1 Å². The van der Waals surface area contributed by atoms with Crippen molar-refractivity contribution in [3.63, 3.8) is 0 Å². The first-order chi connectivity index (χ1) is 10.3. The summed E-state index contributed by atoms with van der Waals surface area (Å²) in [4.78, 5) is 2.67. The van der Waals surface area contributed by atoms with Crippen LogP contribution in [-0.2, 0) is 16.0 Å². The molecule has 0 amide bonds. The summed E-state index contributed by atoms with van der Waals surface area (Å²) in [5.41, 5.74) is 1.40. The molecule has 1 spiro atoms. The van der Waals surface area contributed by atoms with E-state index in [1.807, 2.05) is 0 Å². The highest BCUT2D eigenvalue weighted by Gasteiger charge is 2.47. The third-order valence-electron chi connectivity index (χ3n) is 5.00. The van der Waals surface area contributed by atoms with Gasteiger partial charge in [-0.2, -0.15) is 0 Å². The average Bonchev–Trinajstić information content (AvgIpc) is 2.97. The van der Waals surface area contributed by atoms with Gasteiger partial charge in [-0.1, -0.05) is 44.2 Å². The molecule has 1 aromatic carbocycles. The molecule has 2 aliphatic rings. The molecule has 2 saturated heterocycles. The Kier molecular flexibility index (Phi) is 4.63. The fraction of sp³-hybridized carbons (Fsp3) is 0.667. The van der Waals surface area contributed by atoms with Gasteiger partial charge in [0.25, 0.3) is 0 Å². The minimum Gasteiger partial charge on any atom is -0.347 e. The van der Waals surface area contributed by atoms with E-state index in [4.69, 9.17) is 9.47 Å². The van der Waals surface area contributed by atoms with Crippen LogP contribution in [0.3, 0.4) is 0 Å². The minimum atomic E-state index is -0.297. The number of nitrogens with zero attached hydrogens (tertiary/aromatic N) is 1. The van der Waals surface area contributed by atoms with Gasteiger partial charge in [-0.15, -0.1) is 0 Å². The number of likely N-dealkylation sites (tertiary alicyclic amines) is 1. The summed E-state index contributed by atoms with van der Waals surface area (Å²) in [6.07, 6.45) is 4.31. The fourth-order valence-electron chi connectivity index (χ4n) is 3.88. The lowest BCUT2D eigenvalue weighted by molar-refractivity contribution is -0.211. The van der Waals surface area contributed by atoms with Gasteiger partial charge in [0.15, 0.2) is 5.79 Å². The van der Waals surface area contributed by atoms with E-state index in [0.717, 1.165) is 45.4 Å². The van der Waals surface area contributed by atoms with Gasteiger partial charge in [0.05, 0.1) is 13.2 Å². The summed E-state index contributed by atoms with van der Waals surface area (Å²) in [5, 5.41) is 0. The smallest absolute Gasteiger partial charge is 0.171 e. The van der Waals surface area contributed by atoms with E-state index in [2.05, 4.69) is 49.1 Å². The lowest BCUT2D eigenvalue weighted by Gasteiger charge is -2.48. The van der Waals surface area contributed by atoms with Gasteiger partial charge in [-0.25, -0.2) is 0 Å². The van der Waals surface area contributed by atoms with Crippen LogP contribution >= 0.6 is 0 Å². The zero-order chi connectivity index (χ0) is 14.7. The molecule has 2 atom stereocenters. The van der Waals surface area contributed by atoms with Crippen molar-refractivity contribution in [2.45, 2.75) is 63.9 Å². The van der Waals surface area contributed by atoms with Crippen molar-refractivity contribution >= 4 is 0 Å². The quantitative estimate of drug-likeness (QED) is 0.845. The zero-order valence-corrected chi connectivity index (χ0v) is 13.3. The molecule has 0 aliphatic carbocycles. The van der Waals surface area contributed by atoms with E-state index in [9.17, 15) is 0 Å². The highest BCUT2D eigenvalue weighted by Crippen LogP contribution is 2.40. The Hall–Kier alpha value is -0.900. The molecule has 1 aromatic rings. The van der Waals surface area contributed by atoms with Gasteiger partial charge < -0.3 is 9.47 Å². The fourth-order valence-corrected chi connectivity index (χ4v) is 3.88. The Labute approximate surface area is 128 Å². The molecule has 2 aliphatic heterocycles.